The summed E-state index contributed by atoms with van der Waals surface area (Å²) in [4.78, 5) is 0. The van der Waals surface area contributed by atoms with Crippen LogP contribution in [0.3, 0.4) is 0 Å². The lowest BCUT2D eigenvalue weighted by molar-refractivity contribution is 1.18. The van der Waals surface area contributed by atoms with Crippen molar-refractivity contribution >= 4 is 151 Å². The van der Waals surface area contributed by atoms with Crippen LogP contribution in [-0.4, -0.2) is 18.3 Å². The second-order valence-electron chi connectivity index (χ2n) is 30.4. The normalized spacial score (nSPS) is 11.3. The molecule has 0 N–H and O–H groups in total. The Kier molecular flexibility index (Phi) is 21.6. The fourth-order valence-corrected chi connectivity index (χ4v) is 18.9. The van der Waals surface area contributed by atoms with E-state index in [1.807, 2.05) is 6.07 Å². The summed E-state index contributed by atoms with van der Waals surface area (Å²) in [7, 11) is 0. The van der Waals surface area contributed by atoms with Crippen molar-refractivity contribution in [2.45, 2.75) is 0 Å². The molecule has 0 saturated carbocycles. The monoisotopic (exact) mass is 1820 g/mol. The zero-order valence-electron chi connectivity index (χ0n) is 66.2. The Balaban J connectivity index is 0.000000104. The van der Waals surface area contributed by atoms with Crippen molar-refractivity contribution in [2.75, 3.05) is 0 Å². The number of para-hydroxylation sites is 8. The lowest BCUT2D eigenvalue weighted by Gasteiger charge is -2.12. The predicted octanol–water partition coefficient (Wildman–Crippen LogP) is 33.9. The van der Waals surface area contributed by atoms with E-state index in [0.717, 1.165) is 17.9 Å². The van der Waals surface area contributed by atoms with Gasteiger partial charge in [0.15, 0.2) is 0 Å². The van der Waals surface area contributed by atoms with Crippen LogP contribution in [0, 0.1) is 0 Å². The molecular weight excluding hydrogens is 1740 g/mol. The summed E-state index contributed by atoms with van der Waals surface area (Å²) >= 11 is 14.4. The number of aromatic nitrogens is 4. The van der Waals surface area contributed by atoms with Crippen LogP contribution in [0.2, 0.25) is 0 Å². The Labute approximate surface area is 742 Å². The van der Waals surface area contributed by atoms with Crippen molar-refractivity contribution in [3.8, 4) is 101 Å². The van der Waals surface area contributed by atoms with Crippen molar-refractivity contribution in [1.82, 2.24) is 18.3 Å². The number of benzene rings is 19. The Hall–Kier alpha value is -13.7. The number of nitrogens with zero attached hydrogens (tertiary/aromatic N) is 4. The third-order valence-electron chi connectivity index (χ3n) is 23.1. The van der Waals surface area contributed by atoms with Crippen LogP contribution >= 0.6 is 63.7 Å². The lowest BCUT2D eigenvalue weighted by atomic mass is 9.94. The Bertz CT molecular complexity index is 7760. The molecule has 0 atom stereocenters. The molecule has 19 aromatic carbocycles. The van der Waals surface area contributed by atoms with Gasteiger partial charge in [-0.25, -0.2) is 0 Å². The molecule has 0 aliphatic rings. The molecule has 0 saturated heterocycles. The van der Waals surface area contributed by atoms with E-state index in [9.17, 15) is 0 Å². The first kappa shape index (κ1) is 76.9. The second kappa shape index (κ2) is 34.2. The minimum Gasteiger partial charge on any atom is -0.309 e. The van der Waals surface area contributed by atoms with E-state index in [0.29, 0.717) is 0 Å². The van der Waals surface area contributed by atoms with E-state index in [4.69, 9.17) is 0 Å². The summed E-state index contributed by atoms with van der Waals surface area (Å²) in [6.07, 6.45) is 0. The zero-order chi connectivity index (χ0) is 82.0. The molecule has 0 bridgehead atoms. The van der Waals surface area contributed by atoms with E-state index < -0.39 is 0 Å². The highest BCUT2D eigenvalue weighted by Gasteiger charge is 2.20. The molecule has 23 rings (SSSR count). The van der Waals surface area contributed by atoms with Crippen LogP contribution in [-0.2, 0) is 0 Å². The standard InChI is InChI=1S/3C30H20BrN.C24H16BrN/c31-23-10-8-9-21(19-23)25-13-4-5-14-26(25)22-17-18-28-27-15-6-7-16-29(27)32(30(28)20-22)24-11-2-1-3-12-24;31-23-17-14-21(15-18-23)25-10-4-5-11-26(25)22-16-19-28-27-12-6-7-13-29(27)32(30(28)20-22)24-8-2-1-3-9-24;31-25-17-14-22(15-18-25)21-10-12-23(13-11-21)24-16-19-28-27-8-4-5-9-29(27)32(30(28)20-24)26-6-2-1-3-7-26;25-22-12-6-4-10-19(22)17-14-15-21-20-11-5-7-13-23(20)26(24(21)16-17)18-8-2-1-3-9-18/h3*1-20H;1-16H. The molecule has 4 nitrogen and oxygen atoms in total. The predicted molar refractivity (Wildman–Crippen MR) is 532 cm³/mol. The van der Waals surface area contributed by atoms with Crippen molar-refractivity contribution in [3.63, 3.8) is 0 Å². The van der Waals surface area contributed by atoms with Gasteiger partial charge in [0.1, 0.15) is 0 Å². The van der Waals surface area contributed by atoms with Crippen molar-refractivity contribution in [1.29, 1.82) is 0 Å². The van der Waals surface area contributed by atoms with Gasteiger partial charge in [0.2, 0.25) is 0 Å². The molecule has 8 heteroatoms. The first-order chi connectivity index (χ1) is 60.2. The van der Waals surface area contributed by atoms with Crippen LogP contribution in [0.15, 0.2) is 479 Å². The summed E-state index contributed by atoms with van der Waals surface area (Å²) in [6.45, 7) is 0. The van der Waals surface area contributed by atoms with Gasteiger partial charge in [0, 0.05) is 83.7 Å². The van der Waals surface area contributed by atoms with Gasteiger partial charge < -0.3 is 18.3 Å². The highest BCUT2D eigenvalue weighted by Crippen LogP contribution is 2.44. The fourth-order valence-electron chi connectivity index (χ4n) is 17.4. The molecule has 0 radical (unpaired) electrons. The Morgan fingerprint density at radius 1 is 0.131 bits per heavy atom. The molecule has 0 unspecified atom stereocenters. The minimum atomic E-state index is 1.09. The average molecular weight is 1820 g/mol. The third-order valence-corrected chi connectivity index (χ3v) is 25.3. The van der Waals surface area contributed by atoms with Gasteiger partial charge in [0.05, 0.1) is 44.1 Å². The van der Waals surface area contributed by atoms with Crippen LogP contribution in [0.4, 0.5) is 0 Å². The van der Waals surface area contributed by atoms with Gasteiger partial charge in [0.25, 0.3) is 0 Å². The summed E-state index contributed by atoms with van der Waals surface area (Å²) in [5, 5.41) is 10.2. The van der Waals surface area contributed by atoms with Crippen LogP contribution in [0.25, 0.3) is 188 Å². The third kappa shape index (κ3) is 15.1. The Morgan fingerprint density at radius 3 is 0.713 bits per heavy atom. The van der Waals surface area contributed by atoms with Gasteiger partial charge in [-0.05, 0) is 217 Å². The van der Waals surface area contributed by atoms with E-state index in [1.54, 1.807) is 0 Å². The van der Waals surface area contributed by atoms with Crippen LogP contribution in [0.1, 0.15) is 0 Å². The summed E-state index contributed by atoms with van der Waals surface area (Å²) in [6, 6.07) is 164. The molecule has 580 valence electrons. The molecule has 122 heavy (non-hydrogen) atoms. The minimum absolute atomic E-state index is 1.09. The first-order valence-electron chi connectivity index (χ1n) is 40.9. The highest BCUT2D eigenvalue weighted by molar-refractivity contribution is 9.11. The van der Waals surface area contributed by atoms with Crippen molar-refractivity contribution in [3.05, 3.63) is 479 Å². The SMILES string of the molecule is Brc1ccc(-c2ccc(-c3ccc4c5ccccc5n(-c5ccccc5)c4c3)cc2)cc1.Brc1ccc(-c2ccccc2-c2ccc3c4ccccc4n(-c4ccccc4)c3c2)cc1.Brc1cccc(-c2ccccc2-c2ccc3c4ccccc4n(-c4ccccc4)c3c2)c1.Brc1ccccc1-c1ccc2c3ccccc3n(-c3ccccc3)c2c1. The maximum Gasteiger partial charge on any atom is 0.0547 e. The topological polar surface area (TPSA) is 19.7 Å². The summed E-state index contributed by atoms with van der Waals surface area (Å²) in [5.41, 5.74) is 31.6. The van der Waals surface area contributed by atoms with Gasteiger partial charge in [-0.3, -0.25) is 0 Å². The molecule has 0 amide bonds. The molecule has 23 aromatic rings. The summed E-state index contributed by atoms with van der Waals surface area (Å²) < 4.78 is 13.8. The highest BCUT2D eigenvalue weighted by atomic mass is 79.9. The number of hydrogen-bond donors (Lipinski definition) is 0. The number of halogens is 4. The van der Waals surface area contributed by atoms with Crippen molar-refractivity contribution in [2.24, 2.45) is 0 Å². The van der Waals surface area contributed by atoms with Crippen LogP contribution < -0.4 is 0 Å². The maximum absolute atomic E-state index is 3.69. The van der Waals surface area contributed by atoms with E-state index >= 15 is 0 Å². The van der Waals surface area contributed by atoms with Crippen LogP contribution in [0.5, 0.6) is 0 Å². The van der Waals surface area contributed by atoms with Gasteiger partial charge in [-0.15, -0.1) is 0 Å². The molecular formula is C114H76Br4N4. The first-order valence-corrected chi connectivity index (χ1v) is 44.0. The number of rotatable bonds is 11. The van der Waals surface area contributed by atoms with Crippen molar-refractivity contribution < 1.29 is 0 Å². The molecule has 0 fully saturated rings. The molecule has 0 aliphatic carbocycles. The number of hydrogen-bond acceptors (Lipinski definition) is 0. The molecule has 0 spiro atoms. The zero-order valence-corrected chi connectivity index (χ0v) is 72.5. The van der Waals surface area contributed by atoms with Gasteiger partial charge in [-0.1, -0.05) is 385 Å². The molecule has 4 heterocycles. The second-order valence-corrected chi connectivity index (χ2v) is 34.0. The number of fused-ring (bicyclic) bond motifs is 12. The fraction of sp³-hybridized carbons (Fsp3) is 0. The van der Waals surface area contributed by atoms with E-state index in [2.05, 4.69) is 537 Å². The maximum atomic E-state index is 3.69. The Morgan fingerprint density at radius 2 is 0.369 bits per heavy atom. The van der Waals surface area contributed by atoms with Gasteiger partial charge >= 0.3 is 0 Å². The lowest BCUT2D eigenvalue weighted by Crippen LogP contribution is -1.93. The quantitative estimate of drug-likeness (QED) is 0.123. The largest absolute Gasteiger partial charge is 0.309 e. The smallest absolute Gasteiger partial charge is 0.0547 e. The average Bonchev–Trinajstić information content (AvgIpc) is 1.60. The van der Waals surface area contributed by atoms with Gasteiger partial charge in [-0.2, -0.15) is 0 Å². The molecule has 4 aromatic heterocycles. The summed E-state index contributed by atoms with van der Waals surface area (Å²) in [5.74, 6) is 0. The molecule has 0 aliphatic heterocycles. The van der Waals surface area contributed by atoms with E-state index in [1.165, 1.54) is 188 Å². The van der Waals surface area contributed by atoms with E-state index in [-0.39, 0.29) is 0 Å².